The number of carboxylic acid groups (broad SMARTS) is 2. The van der Waals surface area contributed by atoms with Crippen LogP contribution in [0.25, 0.3) is 0 Å². The highest BCUT2D eigenvalue weighted by atomic mass is 32.1. The third kappa shape index (κ3) is 17.4. The van der Waals surface area contributed by atoms with Crippen molar-refractivity contribution in [1.29, 1.82) is 0 Å². The zero-order valence-corrected chi connectivity index (χ0v) is 49.6. The number of carboxylic acids is 2. The number of ether oxygens (including phenoxy) is 12. The van der Waals surface area contributed by atoms with Crippen molar-refractivity contribution in [3.63, 3.8) is 0 Å². The smallest absolute Gasteiger partial charge is 0.364 e. The molecule has 39 heteroatoms. The Morgan fingerprint density at radius 3 is 1.61 bits per heavy atom. The fraction of sp³-hybridized carbons (Fsp3) is 0.941. The molecule has 6 saturated heterocycles. The standard InChI is InChI=1S/C51H90N4O34S/c1-17-38(84-47-37(73)43(39(24(15-60)82-47)85-45-29(54)35(71)32(68)22(13-58)80-45)89-51(49(76)77)10-19(62)28(53)41(88-51)31(67)21(64)12-57)34(70)25(16-79-50(48(74)75)9-18(61)27(52)40(87-50)30(66)20(63)11-56)83-44(17)86-42-33(69)23(14-59)81-46(36(42)72)78-7-4-2-3-6-55-26(65)5-8-90/h17-25,27-47,56-64,66-73,90H,2-16,52-54H2,1H3,(H,55,65)(H,74,75)(H,76,77)/t17-,18+,19-,20+,21+,22?,23?,24?,25?,27+,28-,29-,30+,31+,32-,33-,34+,35+,36-,37-,38?,39-,40?,41?,42?,43?,44-,45?,46+,47-,50+,51+/m0/s1. The van der Waals surface area contributed by atoms with Crippen molar-refractivity contribution in [2.45, 2.75) is 235 Å². The van der Waals surface area contributed by atoms with Crippen LogP contribution in [0.5, 0.6) is 0 Å². The number of hydrogen-bond acceptors (Lipinski definition) is 36. The Hall–Kier alpha value is -2.52. The Morgan fingerprint density at radius 2 is 1.06 bits per heavy atom. The van der Waals surface area contributed by atoms with Crippen LogP contribution in [0.15, 0.2) is 0 Å². The second kappa shape index (κ2) is 33.9. The number of carbonyl (C=O) groups is 3. The fourth-order valence-corrected chi connectivity index (χ4v) is 11.5. The van der Waals surface area contributed by atoms with Crippen LogP contribution in [0.2, 0.25) is 0 Å². The van der Waals surface area contributed by atoms with Gasteiger partial charge in [0, 0.05) is 38.3 Å². The van der Waals surface area contributed by atoms with Crippen LogP contribution in [0.3, 0.4) is 0 Å². The molecule has 26 N–H and O–H groups in total. The predicted octanol–water partition coefficient (Wildman–Crippen LogP) is -12.9. The monoisotopic (exact) mass is 1330 g/mol. The number of unbranched alkanes of at least 4 members (excludes halogenated alkanes) is 2. The van der Waals surface area contributed by atoms with Crippen LogP contribution in [-0.2, 0) is 71.2 Å². The molecule has 6 aliphatic heterocycles. The molecule has 6 aliphatic rings. The van der Waals surface area contributed by atoms with E-state index in [4.69, 9.17) is 74.0 Å². The van der Waals surface area contributed by atoms with Gasteiger partial charge in [0.2, 0.25) is 5.91 Å². The van der Waals surface area contributed by atoms with E-state index in [9.17, 15) is 111 Å². The number of aliphatic hydroxyl groups is 17. The normalized spacial score (nSPS) is 44.1. The maximum absolute atomic E-state index is 13.5. The lowest BCUT2D eigenvalue weighted by atomic mass is 9.88. The summed E-state index contributed by atoms with van der Waals surface area (Å²) in [5.41, 5.74) is 18.3. The topological polar surface area (TPSA) is 636 Å². The Morgan fingerprint density at radius 1 is 0.567 bits per heavy atom. The quantitative estimate of drug-likeness (QED) is 0.0226. The molecule has 10 unspecified atom stereocenters. The maximum Gasteiger partial charge on any atom is 0.364 e. The van der Waals surface area contributed by atoms with Gasteiger partial charge in [-0.2, -0.15) is 12.6 Å². The second-order valence-electron chi connectivity index (χ2n) is 23.0. The van der Waals surface area contributed by atoms with Gasteiger partial charge in [-0.15, -0.1) is 0 Å². The number of aliphatic carboxylic acids is 2. The second-order valence-corrected chi connectivity index (χ2v) is 23.5. The van der Waals surface area contributed by atoms with Crippen molar-refractivity contribution in [1.82, 2.24) is 5.32 Å². The Balaban J connectivity index is 1.38. The van der Waals surface area contributed by atoms with E-state index in [1.54, 1.807) is 0 Å². The first-order valence-corrected chi connectivity index (χ1v) is 29.8. The van der Waals surface area contributed by atoms with E-state index in [1.807, 2.05) is 0 Å². The molecule has 0 radical (unpaired) electrons. The molecule has 0 aromatic heterocycles. The summed E-state index contributed by atoms with van der Waals surface area (Å²) in [6.07, 6.45) is -52.7. The SMILES string of the molecule is C[C@H]1C(O[C@@H]2OC(CO)[C@H](OC3OC(CO)[C@H](O)[C@H](O)[C@@H]3N)C(O[C@@]3(C(=O)O)C[C@H](O)[C@H](N)C([C@H](O)[C@H](O)CO)O3)[C@@H]2O)[C@H](O)C(CO[C@]2(C(=O)O)C[C@@H](O)[C@@H](N)C([C@H](O)[C@H](O)CO)O2)O[C@H]1OC1[C@@H](O)C(CO)O[C@@H](OCCCCCNC(=O)CCS)[C@H]1O. The number of nitrogens with two attached hydrogens (primary N) is 3. The number of aliphatic hydroxyl groups excluding tert-OH is 17. The molecular formula is C51H90N4O34S. The lowest BCUT2D eigenvalue weighted by Gasteiger charge is -2.52. The van der Waals surface area contributed by atoms with Crippen molar-refractivity contribution in [3.8, 4) is 0 Å². The molecule has 90 heavy (non-hydrogen) atoms. The maximum atomic E-state index is 13.5. The zero-order valence-electron chi connectivity index (χ0n) is 48.7. The van der Waals surface area contributed by atoms with Gasteiger partial charge in [-0.05, 0) is 25.0 Å². The number of amides is 1. The lowest BCUT2D eigenvalue weighted by Crippen LogP contribution is -2.71. The number of carbonyl (C=O) groups excluding carboxylic acids is 1. The Bertz CT molecular complexity index is 2230. The third-order valence-corrected chi connectivity index (χ3v) is 16.9. The minimum absolute atomic E-state index is 0.0813. The molecule has 6 fully saturated rings. The first kappa shape index (κ1) is 76.5. The van der Waals surface area contributed by atoms with Crippen molar-refractivity contribution in [3.05, 3.63) is 0 Å². The molecule has 0 aliphatic carbocycles. The summed E-state index contributed by atoms with van der Waals surface area (Å²) in [6, 6.07) is -5.07. The van der Waals surface area contributed by atoms with E-state index in [-0.39, 0.29) is 18.9 Å². The van der Waals surface area contributed by atoms with E-state index in [0.29, 0.717) is 31.6 Å². The minimum Gasteiger partial charge on any atom is -0.477 e. The molecule has 32 atom stereocenters. The molecular weight excluding hydrogens is 1240 g/mol. The van der Waals surface area contributed by atoms with E-state index in [0.717, 1.165) is 0 Å². The van der Waals surface area contributed by atoms with Gasteiger partial charge in [-0.3, -0.25) is 4.79 Å². The molecule has 0 bridgehead atoms. The van der Waals surface area contributed by atoms with Gasteiger partial charge >= 0.3 is 11.9 Å². The first-order chi connectivity index (χ1) is 42.5. The van der Waals surface area contributed by atoms with Crippen LogP contribution in [0, 0.1) is 5.92 Å². The third-order valence-electron chi connectivity index (χ3n) is 16.7. The van der Waals surface area contributed by atoms with Gasteiger partial charge in [0.1, 0.15) is 116 Å². The molecule has 524 valence electrons. The van der Waals surface area contributed by atoms with Crippen LogP contribution in [0.1, 0.15) is 45.4 Å². The first-order valence-electron chi connectivity index (χ1n) is 29.2. The molecule has 1 amide bonds. The van der Waals surface area contributed by atoms with Crippen molar-refractivity contribution in [2.75, 3.05) is 58.5 Å². The van der Waals surface area contributed by atoms with E-state index in [2.05, 4.69) is 17.9 Å². The van der Waals surface area contributed by atoms with Gasteiger partial charge in [-0.25, -0.2) is 9.59 Å². The largest absolute Gasteiger partial charge is 0.477 e. The molecule has 0 saturated carbocycles. The summed E-state index contributed by atoms with van der Waals surface area (Å²) in [5, 5.41) is 209. The summed E-state index contributed by atoms with van der Waals surface area (Å²) in [6.45, 7) is -4.96. The van der Waals surface area contributed by atoms with Gasteiger partial charge in [-0.1, -0.05) is 6.92 Å². The van der Waals surface area contributed by atoms with Crippen molar-refractivity contribution < 1.29 is 168 Å². The lowest BCUT2D eigenvalue weighted by molar-refractivity contribution is -0.403. The predicted molar refractivity (Wildman–Crippen MR) is 292 cm³/mol. The van der Waals surface area contributed by atoms with E-state index in [1.165, 1.54) is 6.92 Å². The summed E-state index contributed by atoms with van der Waals surface area (Å²) in [5.74, 6) is -11.8. The number of rotatable bonds is 31. The molecule has 0 spiro atoms. The highest BCUT2D eigenvalue weighted by Crippen LogP contribution is 2.42. The summed E-state index contributed by atoms with van der Waals surface area (Å²) < 4.78 is 71.2. The van der Waals surface area contributed by atoms with Crippen LogP contribution < -0.4 is 22.5 Å². The Labute approximate surface area is 519 Å². The fourth-order valence-electron chi connectivity index (χ4n) is 11.3. The van der Waals surface area contributed by atoms with Gasteiger partial charge in [0.15, 0.2) is 25.2 Å². The van der Waals surface area contributed by atoms with E-state index < -0.39 is 259 Å². The van der Waals surface area contributed by atoms with Crippen LogP contribution in [-0.4, -0.2) is 363 Å². The van der Waals surface area contributed by atoms with Gasteiger partial charge < -0.3 is 176 Å². The summed E-state index contributed by atoms with van der Waals surface area (Å²) in [7, 11) is 0. The number of hydrogen-bond donors (Lipinski definition) is 24. The minimum atomic E-state index is -3.29. The molecule has 38 nitrogen and oxygen atoms in total. The van der Waals surface area contributed by atoms with Gasteiger partial charge in [0.05, 0.1) is 76.1 Å². The van der Waals surface area contributed by atoms with Crippen molar-refractivity contribution >= 4 is 30.5 Å². The highest BCUT2D eigenvalue weighted by Gasteiger charge is 2.62. The zero-order chi connectivity index (χ0) is 66.9. The molecule has 0 aromatic rings. The molecule has 0 aromatic carbocycles. The molecule has 6 rings (SSSR count). The highest BCUT2D eigenvalue weighted by molar-refractivity contribution is 7.80. The van der Waals surface area contributed by atoms with Crippen LogP contribution in [0.4, 0.5) is 0 Å². The number of thiol groups is 1. The van der Waals surface area contributed by atoms with Gasteiger partial charge in [0.25, 0.3) is 11.6 Å². The van der Waals surface area contributed by atoms with Crippen molar-refractivity contribution in [2.24, 2.45) is 23.1 Å². The number of nitrogens with one attached hydrogen (secondary N) is 1. The van der Waals surface area contributed by atoms with E-state index >= 15 is 0 Å². The molecule has 6 heterocycles. The summed E-state index contributed by atoms with van der Waals surface area (Å²) >= 11 is 4.03. The summed E-state index contributed by atoms with van der Waals surface area (Å²) in [4.78, 5) is 38.5. The average Bonchev–Trinajstić information content (AvgIpc) is 0.770. The Kier molecular flexibility index (Phi) is 28.8. The van der Waals surface area contributed by atoms with Crippen LogP contribution >= 0.6 is 12.6 Å². The average molecular weight is 1340 g/mol.